The molecule has 0 spiro atoms. The van der Waals surface area contributed by atoms with Crippen LogP contribution < -0.4 is 63.5 Å². The van der Waals surface area contributed by atoms with Gasteiger partial charge in [0.2, 0.25) is 23.8 Å². The number of fused-ring (bicyclic) bond motifs is 4. The molecule has 13 heterocycles. The molecule has 766 valence electrons. The van der Waals surface area contributed by atoms with Gasteiger partial charge in [0.05, 0.1) is 30.4 Å². The molecule has 3 fully saturated rings. The molecule has 56 heteroatoms. The van der Waals surface area contributed by atoms with Gasteiger partial charge in [-0.2, -0.15) is 77.7 Å². The summed E-state index contributed by atoms with van der Waals surface area (Å²) in [5, 5.41) is 50.2. The number of aromatic nitrogens is 19. The van der Waals surface area contributed by atoms with E-state index in [2.05, 4.69) is 134 Å². The normalized spacial score (nSPS) is 13.0. The second kappa shape index (κ2) is 57.0. The lowest BCUT2D eigenvalue weighted by molar-refractivity contribution is -0.193. The van der Waals surface area contributed by atoms with E-state index >= 15 is 0 Å². The van der Waals surface area contributed by atoms with Gasteiger partial charge < -0.3 is 61.7 Å². The number of piperazine rings is 3. The first kappa shape index (κ1) is 117. The number of thiophene rings is 1. The number of hydrogen-bond donors (Lipinski definition) is 9. The van der Waals surface area contributed by atoms with Crippen molar-refractivity contribution in [3.63, 3.8) is 0 Å². The molecule has 0 aromatic carbocycles. The van der Waals surface area contributed by atoms with Crippen LogP contribution in [0.15, 0.2) is 73.0 Å². The van der Waals surface area contributed by atoms with Crippen molar-refractivity contribution in [2.24, 2.45) is 33.9 Å². The van der Waals surface area contributed by atoms with Crippen LogP contribution in [-0.2, 0) is 73.5 Å². The van der Waals surface area contributed by atoms with E-state index in [9.17, 15) is 71.9 Å². The van der Waals surface area contributed by atoms with E-state index in [1.165, 1.54) is 104 Å². The number of halogens is 12. The molecule has 39 nitrogen and oxygen atoms in total. The van der Waals surface area contributed by atoms with Crippen molar-refractivity contribution in [2.45, 2.75) is 194 Å². The number of nitrogens with two attached hydrogens (primary N) is 1. The molecule has 3 aliphatic heterocycles. The number of rotatable bonds is 29. The fraction of sp³-hybridized carbons (Fsp3) is 0.548. The molecule has 140 heavy (non-hydrogen) atoms. The van der Waals surface area contributed by atoms with Crippen LogP contribution in [0.2, 0.25) is 0 Å². The van der Waals surface area contributed by atoms with Crippen molar-refractivity contribution >= 4 is 151 Å². The summed E-state index contributed by atoms with van der Waals surface area (Å²) < 4.78 is 142. The number of hydrogen-bond acceptors (Lipinski definition) is 31. The quantitative estimate of drug-likeness (QED) is 0.00692. The summed E-state index contributed by atoms with van der Waals surface area (Å²) in [6, 6.07) is 4.01. The number of carboxylic acid groups (broad SMARTS) is 4. The molecule has 0 radical (unpaired) electrons. The number of carbonyl (C=O) groups is 4. The molecular weight excluding hydrogens is 1970 g/mol. The lowest BCUT2D eigenvalue weighted by Crippen LogP contribution is -2.44. The molecule has 0 amide bonds. The van der Waals surface area contributed by atoms with Crippen LogP contribution in [0.5, 0.6) is 0 Å². The van der Waals surface area contributed by atoms with E-state index in [0.29, 0.717) is 104 Å². The van der Waals surface area contributed by atoms with Crippen molar-refractivity contribution in [1.29, 1.82) is 0 Å². The van der Waals surface area contributed by atoms with E-state index in [0.717, 1.165) is 137 Å². The SMILES string of the molecule is CC#CCn1c(N(CC)CC)nc2nc(SCCCCCCCCCCCC)n(C)c(=O)c21.CC#CCn1c(N2CCNCC2)nc2nc(SCCN)n(C)c(=O)c21.CC#CCn1c(N2CCNCC2)nc2nc(Sc3cccs3)n(C)c(=O)c21.CC#CCn1c(N2CCNCC2)nc2nc(Sc3ncn[nH]3)n(C)c(=O)c21.O=C(O)C(F)(F)F.O=C(O)C(F)(F)F.O=C(O)C(F)(F)F.O=C(O)C(F)(F)F. The Bertz CT molecular complexity index is 6000. The van der Waals surface area contributed by atoms with Crippen LogP contribution in [0.4, 0.5) is 76.5 Å². The van der Waals surface area contributed by atoms with Gasteiger partial charge in [0.15, 0.2) is 70.4 Å². The van der Waals surface area contributed by atoms with Crippen LogP contribution >= 0.6 is 58.4 Å². The first-order chi connectivity index (χ1) is 66.4. The van der Waals surface area contributed by atoms with Crippen LogP contribution in [0.1, 0.15) is 113 Å². The minimum absolute atomic E-state index is 0.0469. The smallest absolute Gasteiger partial charge is 0.475 e. The average Bonchev–Trinajstić information content (AvgIpc) is 1.64. The van der Waals surface area contributed by atoms with E-state index in [1.54, 1.807) is 78.7 Å². The highest BCUT2D eigenvalue weighted by Gasteiger charge is 2.41. The number of imidazole rings is 4. The molecule has 0 unspecified atom stereocenters. The zero-order valence-corrected chi connectivity index (χ0v) is 82.4. The summed E-state index contributed by atoms with van der Waals surface area (Å²) in [7, 11) is 7.01. The summed E-state index contributed by atoms with van der Waals surface area (Å²) in [4.78, 5) is 138. The number of aliphatic carboxylic acids is 4. The number of H-pyrrole nitrogens is 1. The van der Waals surface area contributed by atoms with Crippen LogP contribution in [-0.4, -0.2) is 270 Å². The summed E-state index contributed by atoms with van der Waals surface area (Å²) in [6.45, 7) is 27.9. The van der Waals surface area contributed by atoms with Gasteiger partial charge in [-0.1, -0.05) is 118 Å². The summed E-state index contributed by atoms with van der Waals surface area (Å²) >= 11 is 7.49. The van der Waals surface area contributed by atoms with Crippen molar-refractivity contribution in [1.82, 2.24) is 108 Å². The molecule has 10 N–H and O–H groups in total. The Morgan fingerprint density at radius 1 is 0.443 bits per heavy atom. The largest absolute Gasteiger partial charge is 0.490 e. The van der Waals surface area contributed by atoms with Crippen molar-refractivity contribution in [3.8, 4) is 47.4 Å². The summed E-state index contributed by atoms with van der Waals surface area (Å²) in [5.74, 6) is 17.6. The van der Waals surface area contributed by atoms with Crippen LogP contribution in [0, 0.1) is 47.4 Å². The Morgan fingerprint density at radius 2 is 0.750 bits per heavy atom. The maximum absolute atomic E-state index is 13.2. The van der Waals surface area contributed by atoms with Crippen LogP contribution in [0.3, 0.4) is 0 Å². The van der Waals surface area contributed by atoms with Gasteiger partial charge in [-0.25, -0.2) is 44.1 Å². The van der Waals surface area contributed by atoms with E-state index in [4.69, 9.17) is 70.3 Å². The van der Waals surface area contributed by atoms with Crippen molar-refractivity contribution < 1.29 is 92.3 Å². The first-order valence-electron chi connectivity index (χ1n) is 43.4. The monoisotopic (exact) mass is 2080 g/mol. The maximum Gasteiger partial charge on any atom is 0.490 e. The zero-order valence-electron chi connectivity index (χ0n) is 78.3. The molecule has 13 rings (SSSR count). The highest BCUT2D eigenvalue weighted by Crippen LogP contribution is 2.33. The van der Waals surface area contributed by atoms with Gasteiger partial charge in [0, 0.05) is 138 Å². The molecule has 0 atom stereocenters. The van der Waals surface area contributed by atoms with E-state index in [-0.39, 0.29) is 22.2 Å². The molecular formula is C84H109F12N27O12S5. The van der Waals surface area contributed by atoms with Gasteiger partial charge in [-0.05, 0) is 82.9 Å². The average molecular weight is 2080 g/mol. The Labute approximate surface area is 815 Å². The molecule has 10 aromatic heterocycles. The van der Waals surface area contributed by atoms with E-state index in [1.807, 2.05) is 49.8 Å². The Hall–Kier alpha value is -12.0. The number of unbranched alkanes of at least 4 members (excludes halogenated alkanes) is 9. The van der Waals surface area contributed by atoms with Gasteiger partial charge in [0.25, 0.3) is 22.2 Å². The number of carboxylic acids is 4. The fourth-order valence-corrected chi connectivity index (χ4v) is 17.0. The Morgan fingerprint density at radius 3 is 1.06 bits per heavy atom. The number of alkyl halides is 12. The first-order valence-corrected chi connectivity index (χ1v) is 47.9. The third-order valence-corrected chi connectivity index (χ3v) is 25.1. The maximum atomic E-state index is 13.2. The highest BCUT2D eigenvalue weighted by molar-refractivity contribution is 8.01. The highest BCUT2D eigenvalue weighted by atomic mass is 32.2. The fourth-order valence-electron chi connectivity index (χ4n) is 12.9. The molecule has 0 bridgehead atoms. The molecule has 0 saturated carbocycles. The third kappa shape index (κ3) is 34.4. The van der Waals surface area contributed by atoms with Gasteiger partial charge in [-0.3, -0.25) is 60.8 Å². The lowest BCUT2D eigenvalue weighted by Gasteiger charge is -2.28. The number of aromatic amines is 1. The van der Waals surface area contributed by atoms with Gasteiger partial charge >= 0.3 is 48.6 Å². The van der Waals surface area contributed by atoms with Crippen molar-refractivity contribution in [2.75, 3.05) is 129 Å². The van der Waals surface area contributed by atoms with Crippen LogP contribution in [0.25, 0.3) is 44.7 Å². The third-order valence-electron chi connectivity index (χ3n) is 19.9. The Kier molecular flexibility index (Phi) is 47.5. The second-order valence-corrected chi connectivity index (χ2v) is 34.9. The number of nitrogens with one attached hydrogen (secondary N) is 4. The molecule has 3 saturated heterocycles. The van der Waals surface area contributed by atoms with Gasteiger partial charge in [0.1, 0.15) is 6.33 Å². The number of thioether (sulfide) groups is 2. The van der Waals surface area contributed by atoms with E-state index < -0.39 is 48.6 Å². The summed E-state index contributed by atoms with van der Waals surface area (Å²) in [6.07, 6.45) is -5.65. The second-order valence-electron chi connectivity index (χ2n) is 29.6. The van der Waals surface area contributed by atoms with Crippen molar-refractivity contribution in [3.05, 3.63) is 65.3 Å². The predicted molar refractivity (Wildman–Crippen MR) is 510 cm³/mol. The standard InChI is InChI=1S/C26H43N5OS.C18H20N6OS2.C16H19N9OS.C16H23N7OS.4C2HF3O2/c1-6-10-12-13-14-15-16-17-18-19-21-33-26-28-23-22(24(32)29(26)5)31(20-11-7-2)25(27-23)30(8-3)9-4;1-3-4-9-24-14-15(20-17(24)23-10-7-19-8-11-23)21-18(22(2)16(14)25)27-13-6-5-12-26-13;1-3-4-7-25-11-12(20-15(25)24-8-5-17-6-9-24)21-16(23(2)13(11)26)27-14-18-10-19-22-14;1-3-4-8-23-12-13(19-15(23)22-9-6-18-7-10-22)20-16(25-11-5-17)21(2)14(12)24;4*3-2(4,5)1(6)7/h6,8-10,12-21H2,1-5H3;5-6,12,19H,7-11H2,1-2H3;10,17H,5-9H2,1-2H3,(H,18,19,22);18H,5-11,17H2,1-2H3;4*(H,6,7). The molecule has 10 aromatic rings. The number of anilines is 4. The molecule has 3 aliphatic rings. The lowest BCUT2D eigenvalue weighted by atomic mass is 10.1. The number of nitrogens with zero attached hydrogens (tertiary/aromatic N) is 22. The summed E-state index contributed by atoms with van der Waals surface area (Å²) in [5.41, 5.74) is 9.14. The molecule has 0 aliphatic carbocycles. The van der Waals surface area contributed by atoms with Gasteiger partial charge in [-0.15, -0.1) is 35.0 Å². The zero-order chi connectivity index (χ0) is 104. The topological polar surface area (TPSA) is 477 Å². The minimum atomic E-state index is -5.08. The predicted octanol–water partition coefficient (Wildman–Crippen LogP) is 9.77. The Balaban J connectivity index is 0.000000262. The minimum Gasteiger partial charge on any atom is -0.475 e.